The van der Waals surface area contributed by atoms with Crippen LogP contribution in [0.25, 0.3) is 11.0 Å². The lowest BCUT2D eigenvalue weighted by Gasteiger charge is -2.18. The molecule has 30 heavy (non-hydrogen) atoms. The fourth-order valence-electron chi connectivity index (χ4n) is 4.54. The van der Waals surface area contributed by atoms with Crippen molar-refractivity contribution in [2.45, 2.75) is 82.2 Å². The summed E-state index contributed by atoms with van der Waals surface area (Å²) in [6, 6.07) is 0. The van der Waals surface area contributed by atoms with E-state index in [2.05, 4.69) is 29.2 Å². The highest BCUT2D eigenvalue weighted by molar-refractivity contribution is 7.99. The maximum absolute atomic E-state index is 12.2. The number of thioether (sulfide) groups is 1. The van der Waals surface area contributed by atoms with Gasteiger partial charge in [0.25, 0.3) is 0 Å². The van der Waals surface area contributed by atoms with Gasteiger partial charge in [-0.05, 0) is 25.2 Å². The quantitative estimate of drug-likeness (QED) is 0.478. The Balaban J connectivity index is 1.41. The van der Waals surface area contributed by atoms with Crippen LogP contribution in [0, 0.1) is 5.92 Å². The van der Waals surface area contributed by atoms with E-state index >= 15 is 0 Å². The maximum atomic E-state index is 12.2. The first kappa shape index (κ1) is 21.4. The first-order valence-corrected chi connectivity index (χ1v) is 12.4. The normalized spacial score (nSPS) is 17.5. The van der Waals surface area contributed by atoms with Gasteiger partial charge in [0.2, 0.25) is 5.91 Å². The minimum atomic E-state index is 0.154. The number of anilines is 1. The highest BCUT2D eigenvalue weighted by Gasteiger charge is 2.21. The molecule has 2 aliphatic rings. The van der Waals surface area contributed by atoms with E-state index in [4.69, 9.17) is 9.97 Å². The molecule has 164 valence electrons. The highest BCUT2D eigenvalue weighted by atomic mass is 32.2. The molecule has 1 amide bonds. The molecule has 0 bridgehead atoms. The zero-order valence-electron chi connectivity index (χ0n) is 18.3. The molecule has 3 heterocycles. The number of carbonyl (C=O) groups is 1. The number of aromatic nitrogens is 4. The summed E-state index contributed by atoms with van der Waals surface area (Å²) in [6.07, 6.45) is 11.2. The second-order valence-electron chi connectivity index (χ2n) is 8.83. The topological polar surface area (TPSA) is 75.9 Å². The largest absolute Gasteiger partial charge is 0.356 e. The van der Waals surface area contributed by atoms with Crippen LogP contribution in [0.15, 0.2) is 11.4 Å². The van der Waals surface area contributed by atoms with Crippen LogP contribution in [0.5, 0.6) is 0 Å². The van der Waals surface area contributed by atoms with Gasteiger partial charge in [-0.1, -0.05) is 51.3 Å². The molecule has 1 aliphatic carbocycles. The van der Waals surface area contributed by atoms with Crippen LogP contribution in [0.2, 0.25) is 0 Å². The minimum absolute atomic E-state index is 0.154. The van der Waals surface area contributed by atoms with Crippen LogP contribution in [0.4, 0.5) is 5.82 Å². The third-order valence-electron chi connectivity index (χ3n) is 6.10. The Labute approximate surface area is 183 Å². The van der Waals surface area contributed by atoms with Crippen LogP contribution in [-0.4, -0.2) is 50.5 Å². The molecule has 0 spiro atoms. The molecule has 2 aromatic rings. The third-order valence-corrected chi connectivity index (χ3v) is 6.97. The average Bonchev–Trinajstić information content (AvgIpc) is 3.48. The van der Waals surface area contributed by atoms with E-state index < -0.39 is 0 Å². The van der Waals surface area contributed by atoms with Crippen LogP contribution < -0.4 is 10.2 Å². The van der Waals surface area contributed by atoms with Crippen LogP contribution in [0.3, 0.4) is 0 Å². The zero-order valence-corrected chi connectivity index (χ0v) is 19.1. The highest BCUT2D eigenvalue weighted by Crippen LogP contribution is 2.31. The Morgan fingerprint density at radius 1 is 1.20 bits per heavy atom. The summed E-state index contributed by atoms with van der Waals surface area (Å²) >= 11 is 1.69. The monoisotopic (exact) mass is 430 g/mol. The van der Waals surface area contributed by atoms with Crippen molar-refractivity contribution in [3.63, 3.8) is 0 Å². The van der Waals surface area contributed by atoms with E-state index in [-0.39, 0.29) is 5.91 Å². The van der Waals surface area contributed by atoms with E-state index in [1.54, 1.807) is 11.8 Å². The van der Waals surface area contributed by atoms with Crippen LogP contribution >= 0.6 is 11.8 Å². The van der Waals surface area contributed by atoms with E-state index in [1.165, 1.54) is 38.5 Å². The van der Waals surface area contributed by atoms with Crippen molar-refractivity contribution in [1.82, 2.24) is 25.1 Å². The molecule has 0 unspecified atom stereocenters. The van der Waals surface area contributed by atoms with Gasteiger partial charge in [-0.25, -0.2) is 14.6 Å². The second-order valence-corrected chi connectivity index (χ2v) is 10.4. The van der Waals surface area contributed by atoms with E-state index in [0.717, 1.165) is 47.4 Å². The summed E-state index contributed by atoms with van der Waals surface area (Å²) in [4.78, 5) is 24.2. The molecular weight excluding hydrogens is 396 g/mol. The number of hydrogen-bond donors (Lipinski definition) is 1. The van der Waals surface area contributed by atoms with Gasteiger partial charge in [0.15, 0.2) is 10.8 Å². The Hall–Kier alpha value is -1.83. The van der Waals surface area contributed by atoms with E-state index in [0.29, 0.717) is 24.8 Å². The van der Waals surface area contributed by atoms with Crippen molar-refractivity contribution in [2.24, 2.45) is 5.92 Å². The number of nitrogens with one attached hydrogen (secondary N) is 1. The molecule has 1 aliphatic heterocycles. The summed E-state index contributed by atoms with van der Waals surface area (Å²) in [5.74, 6) is 1.91. The lowest BCUT2D eigenvalue weighted by atomic mass is 10.0. The predicted molar refractivity (Wildman–Crippen MR) is 122 cm³/mol. The van der Waals surface area contributed by atoms with Crippen molar-refractivity contribution < 1.29 is 4.79 Å². The Morgan fingerprint density at radius 3 is 2.70 bits per heavy atom. The van der Waals surface area contributed by atoms with Crippen molar-refractivity contribution in [3.8, 4) is 0 Å². The SMILES string of the molecule is CC(C)Sc1nc(N2CCCC2)c2cnn(CCNC(=O)CCC3CCCC3)c2n1. The standard InChI is InChI=1S/C22H34N6OS/c1-16(2)30-22-25-20(27-12-5-6-13-27)18-15-24-28(21(18)26-22)14-11-23-19(29)10-9-17-7-3-4-8-17/h15-17H,3-14H2,1-2H3,(H,23,29). The molecular formula is C22H34N6OS. The number of fused-ring (bicyclic) bond motifs is 1. The van der Waals surface area contributed by atoms with Crippen LogP contribution in [0.1, 0.15) is 65.2 Å². The Morgan fingerprint density at radius 2 is 1.97 bits per heavy atom. The van der Waals surface area contributed by atoms with Gasteiger partial charge in [0.05, 0.1) is 18.1 Å². The van der Waals surface area contributed by atoms with Gasteiger partial charge >= 0.3 is 0 Å². The summed E-state index contributed by atoms with van der Waals surface area (Å²) in [5.41, 5.74) is 0.871. The smallest absolute Gasteiger partial charge is 0.220 e. The lowest BCUT2D eigenvalue weighted by Crippen LogP contribution is -2.27. The summed E-state index contributed by atoms with van der Waals surface area (Å²) in [5, 5.41) is 9.89. The van der Waals surface area contributed by atoms with Gasteiger partial charge in [-0.3, -0.25) is 4.79 Å². The molecule has 0 radical (unpaired) electrons. The number of nitrogens with zero attached hydrogens (tertiary/aromatic N) is 5. The first-order chi connectivity index (χ1) is 14.6. The average molecular weight is 431 g/mol. The summed E-state index contributed by atoms with van der Waals surface area (Å²) in [6.45, 7) is 7.61. The molecule has 7 nitrogen and oxygen atoms in total. The van der Waals surface area contributed by atoms with Gasteiger partial charge < -0.3 is 10.2 Å². The molecule has 2 aromatic heterocycles. The predicted octanol–water partition coefficient (Wildman–Crippen LogP) is 4.01. The van der Waals surface area contributed by atoms with Gasteiger partial charge in [-0.15, -0.1) is 0 Å². The number of carbonyl (C=O) groups excluding carboxylic acids is 1. The van der Waals surface area contributed by atoms with Gasteiger partial charge in [0.1, 0.15) is 5.82 Å². The van der Waals surface area contributed by atoms with E-state index in [9.17, 15) is 4.79 Å². The third kappa shape index (κ3) is 5.25. The van der Waals surface area contributed by atoms with Crippen molar-refractivity contribution in [1.29, 1.82) is 0 Å². The van der Waals surface area contributed by atoms with Crippen molar-refractivity contribution in [2.75, 3.05) is 24.5 Å². The molecule has 2 fully saturated rings. The van der Waals surface area contributed by atoms with Crippen molar-refractivity contribution >= 4 is 34.5 Å². The summed E-state index contributed by atoms with van der Waals surface area (Å²) in [7, 11) is 0. The molecule has 1 saturated heterocycles. The molecule has 1 N–H and O–H groups in total. The van der Waals surface area contributed by atoms with Crippen LogP contribution in [-0.2, 0) is 11.3 Å². The maximum Gasteiger partial charge on any atom is 0.220 e. The second kappa shape index (κ2) is 9.98. The molecule has 1 saturated carbocycles. The lowest BCUT2D eigenvalue weighted by molar-refractivity contribution is -0.121. The molecule has 0 atom stereocenters. The summed E-state index contributed by atoms with van der Waals surface area (Å²) < 4.78 is 1.91. The van der Waals surface area contributed by atoms with Gasteiger partial charge in [-0.2, -0.15) is 5.10 Å². The molecule has 8 heteroatoms. The number of rotatable bonds is 9. The number of amides is 1. The number of hydrogen-bond acceptors (Lipinski definition) is 6. The van der Waals surface area contributed by atoms with E-state index in [1.807, 2.05) is 10.9 Å². The fraction of sp³-hybridized carbons (Fsp3) is 0.727. The molecule has 0 aromatic carbocycles. The fourth-order valence-corrected chi connectivity index (χ4v) is 5.24. The Kier molecular flexibility index (Phi) is 7.12. The first-order valence-electron chi connectivity index (χ1n) is 11.5. The zero-order chi connectivity index (χ0) is 20.9. The van der Waals surface area contributed by atoms with Crippen molar-refractivity contribution in [3.05, 3.63) is 6.20 Å². The Bertz CT molecular complexity index is 855. The van der Waals surface area contributed by atoms with Gasteiger partial charge in [0, 0.05) is 31.3 Å². The molecule has 4 rings (SSSR count). The minimum Gasteiger partial charge on any atom is -0.356 e.